The third-order valence-corrected chi connectivity index (χ3v) is 11.8. The standard InChI is InChI=1S/C13H30O5Si3/c1-9-13(14)16-15-11-10-12-21(8,17-19(2,3)4)18-20(5,6)7/h9H,1,10-12H2,2-8H3. The Balaban J connectivity index is 4.41. The molecule has 0 aliphatic rings. The Morgan fingerprint density at radius 1 is 1.00 bits per heavy atom. The molecule has 0 spiro atoms. The van der Waals surface area contributed by atoms with Crippen LogP contribution < -0.4 is 0 Å². The van der Waals surface area contributed by atoms with Gasteiger partial charge in [-0.25, -0.2) is 4.79 Å². The maximum absolute atomic E-state index is 10.9. The summed E-state index contributed by atoms with van der Waals surface area (Å²) in [5.41, 5.74) is 0. The van der Waals surface area contributed by atoms with Gasteiger partial charge < -0.3 is 8.23 Å². The summed E-state index contributed by atoms with van der Waals surface area (Å²) in [6.07, 6.45) is 1.81. The molecule has 8 heteroatoms. The number of carbonyl (C=O) groups is 1. The molecule has 21 heavy (non-hydrogen) atoms. The Bertz CT molecular complexity index is 331. The number of carbonyl (C=O) groups excluding carboxylic acids is 1. The summed E-state index contributed by atoms with van der Waals surface area (Å²) in [6, 6.07) is 0.827. The van der Waals surface area contributed by atoms with E-state index in [0.29, 0.717) is 6.61 Å². The molecule has 0 bridgehead atoms. The summed E-state index contributed by atoms with van der Waals surface area (Å²) in [7, 11) is -5.55. The van der Waals surface area contributed by atoms with Crippen molar-refractivity contribution in [3.63, 3.8) is 0 Å². The molecule has 0 aromatic heterocycles. The molecule has 0 aliphatic carbocycles. The topological polar surface area (TPSA) is 54.0 Å². The predicted octanol–water partition coefficient (Wildman–Crippen LogP) is 3.81. The van der Waals surface area contributed by atoms with Crippen molar-refractivity contribution in [1.29, 1.82) is 0 Å². The van der Waals surface area contributed by atoms with E-state index >= 15 is 0 Å². The van der Waals surface area contributed by atoms with Gasteiger partial charge in [0.15, 0.2) is 16.6 Å². The molecule has 0 aliphatic heterocycles. The van der Waals surface area contributed by atoms with Crippen LogP contribution >= 0.6 is 0 Å². The second kappa shape index (κ2) is 8.39. The van der Waals surface area contributed by atoms with Crippen molar-refractivity contribution in [2.45, 2.75) is 58.3 Å². The van der Waals surface area contributed by atoms with E-state index in [-0.39, 0.29) is 0 Å². The summed E-state index contributed by atoms with van der Waals surface area (Å²) < 4.78 is 12.7. The fourth-order valence-corrected chi connectivity index (χ4v) is 14.5. The predicted molar refractivity (Wildman–Crippen MR) is 92.1 cm³/mol. The Hall–Kier alpha value is -0.259. The minimum Gasteiger partial charge on any atom is -0.437 e. The first-order chi connectivity index (χ1) is 9.37. The van der Waals surface area contributed by atoms with E-state index < -0.39 is 31.2 Å². The highest BCUT2D eigenvalue weighted by Crippen LogP contribution is 2.25. The molecule has 0 amide bonds. The molecule has 0 radical (unpaired) electrons. The van der Waals surface area contributed by atoms with Crippen LogP contribution in [-0.4, -0.2) is 37.8 Å². The van der Waals surface area contributed by atoms with E-state index in [1.807, 2.05) is 0 Å². The van der Waals surface area contributed by atoms with Gasteiger partial charge in [0.25, 0.3) is 0 Å². The first-order valence-corrected chi connectivity index (χ1v) is 16.6. The summed E-state index contributed by atoms with van der Waals surface area (Å²) in [5.74, 6) is -0.577. The van der Waals surface area contributed by atoms with Gasteiger partial charge in [0.2, 0.25) is 0 Å². The van der Waals surface area contributed by atoms with Gasteiger partial charge in [-0.15, -0.1) is 0 Å². The molecule has 0 fully saturated rings. The van der Waals surface area contributed by atoms with Gasteiger partial charge in [-0.1, -0.05) is 6.58 Å². The Morgan fingerprint density at radius 2 is 1.48 bits per heavy atom. The zero-order valence-corrected chi connectivity index (χ0v) is 17.4. The van der Waals surface area contributed by atoms with Crippen molar-refractivity contribution in [2.75, 3.05) is 6.61 Å². The van der Waals surface area contributed by atoms with Crippen LogP contribution in [0.2, 0.25) is 51.9 Å². The van der Waals surface area contributed by atoms with Crippen LogP contribution in [0.3, 0.4) is 0 Å². The van der Waals surface area contributed by atoms with E-state index in [4.69, 9.17) is 13.1 Å². The van der Waals surface area contributed by atoms with Crippen molar-refractivity contribution in [3.8, 4) is 0 Å². The van der Waals surface area contributed by atoms with Crippen LogP contribution in [0.1, 0.15) is 6.42 Å². The van der Waals surface area contributed by atoms with Crippen LogP contribution in [0.25, 0.3) is 0 Å². The second-order valence-electron chi connectivity index (χ2n) is 7.09. The number of hydrogen-bond donors (Lipinski definition) is 0. The molecule has 0 heterocycles. The molecule has 0 atom stereocenters. The molecule has 0 N–H and O–H groups in total. The lowest BCUT2D eigenvalue weighted by Crippen LogP contribution is -2.52. The van der Waals surface area contributed by atoms with Crippen LogP contribution in [0.4, 0.5) is 0 Å². The van der Waals surface area contributed by atoms with Crippen molar-refractivity contribution in [1.82, 2.24) is 0 Å². The van der Waals surface area contributed by atoms with Gasteiger partial charge in [-0.2, -0.15) is 4.89 Å². The summed E-state index contributed by atoms with van der Waals surface area (Å²) in [6.45, 7) is 18.8. The SMILES string of the molecule is C=CC(=O)OOCCC[Si](C)(O[Si](C)(C)C)O[Si](C)(C)C. The lowest BCUT2D eigenvalue weighted by Gasteiger charge is -2.38. The van der Waals surface area contributed by atoms with Gasteiger partial charge in [-0.3, -0.25) is 4.89 Å². The highest BCUT2D eigenvalue weighted by Gasteiger charge is 2.39. The number of rotatable bonds is 10. The summed E-state index contributed by atoms with van der Waals surface area (Å²) in [4.78, 5) is 20.2. The fraction of sp³-hybridized carbons (Fsp3) is 0.769. The zero-order valence-electron chi connectivity index (χ0n) is 14.4. The molecule has 0 aromatic rings. The van der Waals surface area contributed by atoms with E-state index in [2.05, 4.69) is 57.3 Å². The summed E-state index contributed by atoms with van der Waals surface area (Å²) >= 11 is 0. The normalized spacial score (nSPS) is 13.1. The highest BCUT2D eigenvalue weighted by molar-refractivity contribution is 6.87. The van der Waals surface area contributed by atoms with E-state index in [9.17, 15) is 4.79 Å². The van der Waals surface area contributed by atoms with Crippen LogP contribution in [0, 0.1) is 0 Å². The molecule has 0 aromatic carbocycles. The second-order valence-corrected chi connectivity index (χ2v) is 19.9. The van der Waals surface area contributed by atoms with Crippen LogP contribution in [0.5, 0.6) is 0 Å². The molecule has 0 saturated heterocycles. The fourth-order valence-electron chi connectivity index (χ4n) is 2.00. The smallest absolute Gasteiger partial charge is 0.365 e. The molecule has 124 valence electrons. The van der Waals surface area contributed by atoms with Crippen molar-refractivity contribution in [2.24, 2.45) is 0 Å². The maximum Gasteiger partial charge on any atom is 0.365 e. The van der Waals surface area contributed by atoms with E-state index in [0.717, 1.165) is 18.5 Å². The third kappa shape index (κ3) is 12.0. The Labute approximate surface area is 132 Å². The first kappa shape index (κ1) is 20.7. The van der Waals surface area contributed by atoms with Crippen molar-refractivity contribution < 1.29 is 22.8 Å². The third-order valence-electron chi connectivity index (χ3n) is 2.21. The largest absolute Gasteiger partial charge is 0.437 e. The zero-order chi connectivity index (χ0) is 16.7. The molecule has 0 unspecified atom stereocenters. The van der Waals surface area contributed by atoms with Gasteiger partial charge in [-0.05, 0) is 58.3 Å². The van der Waals surface area contributed by atoms with Gasteiger partial charge in [0, 0.05) is 6.08 Å². The lowest BCUT2D eigenvalue weighted by atomic mass is 10.5. The lowest BCUT2D eigenvalue weighted by molar-refractivity contribution is -0.267. The average molecular weight is 351 g/mol. The monoisotopic (exact) mass is 350 g/mol. The molecule has 5 nitrogen and oxygen atoms in total. The minimum absolute atomic E-state index is 0.340. The molecular formula is C13H30O5Si3. The van der Waals surface area contributed by atoms with Crippen molar-refractivity contribution in [3.05, 3.63) is 12.7 Å². The Kier molecular flexibility index (Phi) is 8.29. The van der Waals surface area contributed by atoms with Gasteiger partial charge in [0.1, 0.15) is 0 Å². The first-order valence-electron chi connectivity index (χ1n) is 7.23. The Morgan fingerprint density at radius 3 is 1.86 bits per heavy atom. The summed E-state index contributed by atoms with van der Waals surface area (Å²) in [5, 5.41) is 0. The quantitative estimate of drug-likeness (QED) is 0.197. The molecule has 0 saturated carbocycles. The minimum atomic E-state index is -2.22. The van der Waals surface area contributed by atoms with Crippen molar-refractivity contribution >= 4 is 31.2 Å². The molecule has 0 rings (SSSR count). The molecular weight excluding hydrogens is 320 g/mol. The van der Waals surface area contributed by atoms with E-state index in [1.54, 1.807) is 0 Å². The average Bonchev–Trinajstić information content (AvgIpc) is 2.22. The van der Waals surface area contributed by atoms with E-state index in [1.165, 1.54) is 0 Å². The van der Waals surface area contributed by atoms with Crippen LogP contribution in [0.15, 0.2) is 12.7 Å². The highest BCUT2D eigenvalue weighted by atomic mass is 28.5. The van der Waals surface area contributed by atoms with Crippen LogP contribution in [-0.2, 0) is 22.8 Å². The maximum atomic E-state index is 10.9. The van der Waals surface area contributed by atoms with Gasteiger partial charge in [0.05, 0.1) is 6.61 Å². The number of hydrogen-bond acceptors (Lipinski definition) is 5. The van der Waals surface area contributed by atoms with Gasteiger partial charge >= 0.3 is 14.5 Å².